The largest absolute Gasteiger partial charge is 0.366 e. The number of benzene rings is 1. The predicted octanol–water partition coefficient (Wildman–Crippen LogP) is 0.514. The van der Waals surface area contributed by atoms with Crippen LogP contribution in [0.1, 0.15) is 15.9 Å². The van der Waals surface area contributed by atoms with E-state index in [0.29, 0.717) is 23.2 Å². The van der Waals surface area contributed by atoms with Crippen LogP contribution in [0.25, 0.3) is 0 Å². The van der Waals surface area contributed by atoms with Gasteiger partial charge in [0.25, 0.3) is 0 Å². The van der Waals surface area contributed by atoms with Crippen LogP contribution in [0, 0.1) is 0 Å². The average Bonchev–Trinajstić information content (AvgIpc) is 2.42. The molecule has 1 aromatic carbocycles. The Balaban J connectivity index is 2.11. The molecule has 1 saturated heterocycles. The van der Waals surface area contributed by atoms with Gasteiger partial charge in [0.2, 0.25) is 5.91 Å². The molecule has 0 aromatic heterocycles. The average molecular weight is 297 g/mol. The van der Waals surface area contributed by atoms with Crippen molar-refractivity contribution in [2.24, 2.45) is 11.5 Å². The molecule has 1 heterocycles. The highest BCUT2D eigenvalue weighted by Gasteiger charge is 2.24. The van der Waals surface area contributed by atoms with E-state index in [1.54, 1.807) is 12.1 Å². The van der Waals surface area contributed by atoms with Gasteiger partial charge < -0.3 is 16.4 Å². The van der Waals surface area contributed by atoms with Gasteiger partial charge in [-0.3, -0.25) is 9.69 Å². The number of nitrogens with two attached hydrogens (primary N) is 2. The number of piperazine rings is 1. The Labute approximate surface area is 124 Å². The van der Waals surface area contributed by atoms with Crippen LogP contribution in [0.2, 0.25) is 5.02 Å². The molecule has 1 aliphatic rings. The van der Waals surface area contributed by atoms with Gasteiger partial charge in [-0.1, -0.05) is 17.7 Å². The van der Waals surface area contributed by atoms with Crippen molar-refractivity contribution in [3.8, 4) is 0 Å². The fraction of sp³-hybridized carbons (Fsp3) is 0.500. The van der Waals surface area contributed by atoms with Crippen molar-refractivity contribution in [3.05, 3.63) is 34.3 Å². The monoisotopic (exact) mass is 296 g/mol. The van der Waals surface area contributed by atoms with Crippen LogP contribution in [0.3, 0.4) is 0 Å². The molecule has 20 heavy (non-hydrogen) atoms. The standard InChI is InChI=1S/C14H21ClN4O/c1-18-4-5-19(12(7-16)9-18)8-11-3-2-10(14(17)20)6-13(11)15/h2-3,6,12H,4-5,7-9,16H2,1H3,(H2,17,20). The first-order valence-electron chi connectivity index (χ1n) is 6.72. The molecule has 1 unspecified atom stereocenters. The van der Waals surface area contributed by atoms with Gasteiger partial charge >= 0.3 is 0 Å². The molecule has 0 bridgehead atoms. The van der Waals surface area contributed by atoms with E-state index in [2.05, 4.69) is 16.8 Å². The molecule has 1 aromatic rings. The second kappa shape index (κ2) is 6.54. The molecule has 4 N–H and O–H groups in total. The first-order chi connectivity index (χ1) is 9.51. The summed E-state index contributed by atoms with van der Waals surface area (Å²) in [6.07, 6.45) is 0. The van der Waals surface area contributed by atoms with Crippen molar-refractivity contribution in [1.82, 2.24) is 9.80 Å². The lowest BCUT2D eigenvalue weighted by atomic mass is 10.1. The van der Waals surface area contributed by atoms with Crippen molar-refractivity contribution >= 4 is 17.5 Å². The zero-order valence-electron chi connectivity index (χ0n) is 11.7. The fourth-order valence-electron chi connectivity index (χ4n) is 2.53. The molecule has 1 aliphatic heterocycles. The normalized spacial score (nSPS) is 21.1. The minimum atomic E-state index is -0.460. The van der Waals surface area contributed by atoms with Gasteiger partial charge in [0.1, 0.15) is 0 Å². The molecule has 2 rings (SSSR count). The van der Waals surface area contributed by atoms with Crippen molar-refractivity contribution in [2.45, 2.75) is 12.6 Å². The SMILES string of the molecule is CN1CCN(Cc2ccc(C(N)=O)cc2Cl)C(CN)C1. The number of nitrogens with zero attached hydrogens (tertiary/aromatic N) is 2. The molecule has 0 radical (unpaired) electrons. The molecule has 6 heteroatoms. The van der Waals surface area contributed by atoms with E-state index in [-0.39, 0.29) is 0 Å². The maximum absolute atomic E-state index is 11.1. The highest BCUT2D eigenvalue weighted by molar-refractivity contribution is 6.31. The zero-order valence-corrected chi connectivity index (χ0v) is 12.4. The highest BCUT2D eigenvalue weighted by atomic mass is 35.5. The summed E-state index contributed by atoms with van der Waals surface area (Å²) in [4.78, 5) is 15.7. The number of hydrogen-bond acceptors (Lipinski definition) is 4. The number of primary amides is 1. The van der Waals surface area contributed by atoms with Gasteiger partial charge in [0.05, 0.1) is 0 Å². The highest BCUT2D eigenvalue weighted by Crippen LogP contribution is 2.21. The van der Waals surface area contributed by atoms with Crippen LogP contribution >= 0.6 is 11.6 Å². The molecule has 0 spiro atoms. The smallest absolute Gasteiger partial charge is 0.248 e. The molecule has 0 saturated carbocycles. The molecule has 110 valence electrons. The summed E-state index contributed by atoms with van der Waals surface area (Å²) in [5.41, 5.74) is 12.5. The van der Waals surface area contributed by atoms with E-state index < -0.39 is 5.91 Å². The Morgan fingerprint density at radius 1 is 1.45 bits per heavy atom. The minimum Gasteiger partial charge on any atom is -0.366 e. The van der Waals surface area contributed by atoms with Crippen molar-refractivity contribution in [2.75, 3.05) is 33.2 Å². The van der Waals surface area contributed by atoms with E-state index in [4.69, 9.17) is 23.1 Å². The van der Waals surface area contributed by atoms with Crippen LogP contribution in [-0.2, 0) is 6.54 Å². The second-order valence-electron chi connectivity index (χ2n) is 5.29. The van der Waals surface area contributed by atoms with Crippen molar-refractivity contribution in [1.29, 1.82) is 0 Å². The van der Waals surface area contributed by atoms with Gasteiger partial charge in [0, 0.05) is 49.4 Å². The number of halogens is 1. The van der Waals surface area contributed by atoms with E-state index in [9.17, 15) is 4.79 Å². The van der Waals surface area contributed by atoms with Gasteiger partial charge in [0.15, 0.2) is 0 Å². The number of carbonyl (C=O) groups excluding carboxylic acids is 1. The Morgan fingerprint density at radius 2 is 2.20 bits per heavy atom. The topological polar surface area (TPSA) is 75.6 Å². The quantitative estimate of drug-likeness (QED) is 0.849. The van der Waals surface area contributed by atoms with Gasteiger partial charge in [-0.2, -0.15) is 0 Å². The van der Waals surface area contributed by atoms with Crippen LogP contribution in [0.4, 0.5) is 0 Å². The molecule has 5 nitrogen and oxygen atoms in total. The maximum Gasteiger partial charge on any atom is 0.248 e. The van der Waals surface area contributed by atoms with E-state index in [0.717, 1.165) is 31.7 Å². The number of carbonyl (C=O) groups is 1. The molecule has 1 fully saturated rings. The third kappa shape index (κ3) is 3.49. The summed E-state index contributed by atoms with van der Waals surface area (Å²) in [5.74, 6) is -0.460. The zero-order chi connectivity index (χ0) is 14.7. The number of likely N-dealkylation sites (N-methyl/N-ethyl adjacent to an activating group) is 1. The molecular weight excluding hydrogens is 276 g/mol. The molecule has 0 aliphatic carbocycles. The Bertz CT molecular complexity index is 494. The van der Waals surface area contributed by atoms with Crippen LogP contribution < -0.4 is 11.5 Å². The summed E-state index contributed by atoms with van der Waals surface area (Å²) in [5, 5.41) is 0.580. The maximum atomic E-state index is 11.1. The lowest BCUT2D eigenvalue weighted by molar-refractivity contribution is 0.0881. The van der Waals surface area contributed by atoms with Crippen molar-refractivity contribution in [3.63, 3.8) is 0 Å². The molecular formula is C14H21ClN4O. The summed E-state index contributed by atoms with van der Waals surface area (Å²) >= 11 is 6.24. The van der Waals surface area contributed by atoms with Crippen LogP contribution in [0.5, 0.6) is 0 Å². The van der Waals surface area contributed by atoms with Crippen molar-refractivity contribution < 1.29 is 4.79 Å². The lowest BCUT2D eigenvalue weighted by Gasteiger charge is -2.39. The minimum absolute atomic E-state index is 0.334. The summed E-state index contributed by atoms with van der Waals surface area (Å²) in [6.45, 7) is 4.32. The van der Waals surface area contributed by atoms with Gasteiger partial charge in [-0.15, -0.1) is 0 Å². The van der Waals surface area contributed by atoms with Gasteiger partial charge in [-0.25, -0.2) is 0 Å². The Kier molecular flexibility index (Phi) is 4.99. The number of rotatable bonds is 4. The van der Waals surface area contributed by atoms with E-state index in [1.807, 2.05) is 6.07 Å². The van der Waals surface area contributed by atoms with E-state index in [1.165, 1.54) is 0 Å². The Hall–Kier alpha value is -1.14. The first-order valence-corrected chi connectivity index (χ1v) is 7.10. The first kappa shape index (κ1) is 15.3. The molecule has 1 atom stereocenters. The third-order valence-electron chi connectivity index (χ3n) is 3.79. The fourth-order valence-corrected chi connectivity index (χ4v) is 2.77. The molecule has 1 amide bonds. The summed E-state index contributed by atoms with van der Waals surface area (Å²) < 4.78 is 0. The van der Waals surface area contributed by atoms with Gasteiger partial charge in [-0.05, 0) is 24.7 Å². The summed E-state index contributed by atoms with van der Waals surface area (Å²) in [6, 6.07) is 5.55. The van der Waals surface area contributed by atoms with Crippen LogP contribution in [0.15, 0.2) is 18.2 Å². The van der Waals surface area contributed by atoms with E-state index >= 15 is 0 Å². The number of amides is 1. The van der Waals surface area contributed by atoms with Crippen LogP contribution in [-0.4, -0.2) is 55.0 Å². The Morgan fingerprint density at radius 3 is 2.80 bits per heavy atom. The second-order valence-corrected chi connectivity index (χ2v) is 5.70. The third-order valence-corrected chi connectivity index (χ3v) is 4.14. The number of hydrogen-bond donors (Lipinski definition) is 2. The summed E-state index contributed by atoms with van der Waals surface area (Å²) in [7, 11) is 2.11. The lowest BCUT2D eigenvalue weighted by Crippen LogP contribution is -2.54. The predicted molar refractivity (Wildman–Crippen MR) is 80.7 cm³/mol.